The average molecular weight is 378 g/mol. The predicted molar refractivity (Wildman–Crippen MR) is 107 cm³/mol. The molecule has 0 N–H and O–H groups in total. The van der Waals surface area contributed by atoms with Gasteiger partial charge >= 0.3 is 0 Å². The molecule has 1 aromatic heterocycles. The Labute approximate surface area is 164 Å². The maximum absolute atomic E-state index is 13.1. The average Bonchev–Trinajstić information content (AvgIpc) is 3.13. The summed E-state index contributed by atoms with van der Waals surface area (Å²) in [7, 11) is 0. The van der Waals surface area contributed by atoms with E-state index in [0.717, 1.165) is 36.7 Å². The van der Waals surface area contributed by atoms with Crippen LogP contribution in [0.3, 0.4) is 0 Å². The molecule has 0 unspecified atom stereocenters. The largest absolute Gasteiger partial charge is 0.368 e. The molecule has 1 fully saturated rings. The number of nitrogens with zero attached hydrogens (tertiary/aromatic N) is 4. The molecule has 0 radical (unpaired) electrons. The Bertz CT molecular complexity index is 941. The molecule has 1 aliphatic rings. The van der Waals surface area contributed by atoms with E-state index in [0.29, 0.717) is 18.7 Å². The molecule has 28 heavy (non-hydrogen) atoms. The van der Waals surface area contributed by atoms with Gasteiger partial charge in [0.15, 0.2) is 0 Å². The highest BCUT2D eigenvalue weighted by atomic mass is 19.1. The van der Waals surface area contributed by atoms with Gasteiger partial charge in [-0.25, -0.2) is 9.37 Å². The zero-order valence-corrected chi connectivity index (χ0v) is 15.9. The third-order valence-corrected chi connectivity index (χ3v) is 5.24. The van der Waals surface area contributed by atoms with Gasteiger partial charge in [0.05, 0.1) is 0 Å². The van der Waals surface area contributed by atoms with Crippen LogP contribution in [0.2, 0.25) is 0 Å². The number of aryl methyl sites for hydroxylation is 1. The van der Waals surface area contributed by atoms with Crippen LogP contribution in [0, 0.1) is 12.7 Å². The van der Waals surface area contributed by atoms with E-state index in [2.05, 4.69) is 14.5 Å². The van der Waals surface area contributed by atoms with E-state index in [1.165, 1.54) is 12.1 Å². The Kier molecular flexibility index (Phi) is 5.10. The van der Waals surface area contributed by atoms with Gasteiger partial charge < -0.3 is 14.4 Å². The zero-order chi connectivity index (χ0) is 19.5. The second-order valence-electron chi connectivity index (χ2n) is 7.05. The van der Waals surface area contributed by atoms with Gasteiger partial charge in [-0.1, -0.05) is 12.1 Å². The molecule has 4 rings (SSSR count). The first-order chi connectivity index (χ1) is 13.6. The second-order valence-corrected chi connectivity index (χ2v) is 7.05. The smallest absolute Gasteiger partial charge is 0.253 e. The van der Waals surface area contributed by atoms with Crippen molar-refractivity contribution < 1.29 is 9.18 Å². The van der Waals surface area contributed by atoms with E-state index >= 15 is 0 Å². The lowest BCUT2D eigenvalue weighted by Crippen LogP contribution is -2.48. The number of amides is 1. The molecule has 2 aromatic carbocycles. The molecule has 1 saturated heterocycles. The molecule has 2 heterocycles. The minimum absolute atomic E-state index is 0.0594. The number of rotatable bonds is 4. The van der Waals surface area contributed by atoms with Crippen LogP contribution in [0.15, 0.2) is 60.9 Å². The quantitative estimate of drug-likeness (QED) is 0.699. The van der Waals surface area contributed by atoms with Crippen LogP contribution >= 0.6 is 0 Å². The summed E-state index contributed by atoms with van der Waals surface area (Å²) in [5.41, 5.74) is 2.84. The van der Waals surface area contributed by atoms with E-state index in [1.807, 2.05) is 42.3 Å². The third-order valence-electron chi connectivity index (χ3n) is 5.24. The van der Waals surface area contributed by atoms with E-state index in [1.54, 1.807) is 18.3 Å². The Hall–Kier alpha value is -3.15. The minimum atomic E-state index is -0.232. The van der Waals surface area contributed by atoms with Crippen LogP contribution in [0.1, 0.15) is 21.7 Å². The fourth-order valence-electron chi connectivity index (χ4n) is 3.52. The van der Waals surface area contributed by atoms with Crippen molar-refractivity contribution >= 4 is 11.6 Å². The van der Waals surface area contributed by atoms with Gasteiger partial charge in [-0.3, -0.25) is 4.79 Å². The summed E-state index contributed by atoms with van der Waals surface area (Å²) in [6.07, 6.45) is 3.74. The number of anilines is 1. The Morgan fingerprint density at radius 1 is 1.00 bits per heavy atom. The fourth-order valence-corrected chi connectivity index (χ4v) is 3.52. The Balaban J connectivity index is 1.36. The molecule has 3 aromatic rings. The van der Waals surface area contributed by atoms with Gasteiger partial charge in [0.1, 0.15) is 11.6 Å². The van der Waals surface area contributed by atoms with Crippen LogP contribution in [0.25, 0.3) is 0 Å². The summed E-state index contributed by atoms with van der Waals surface area (Å²) in [6, 6.07) is 14.3. The summed E-state index contributed by atoms with van der Waals surface area (Å²) >= 11 is 0. The molecule has 0 bridgehead atoms. The third kappa shape index (κ3) is 3.91. The summed E-state index contributed by atoms with van der Waals surface area (Å²) in [5, 5.41) is 0. The van der Waals surface area contributed by atoms with Gasteiger partial charge in [-0.05, 0) is 48.9 Å². The van der Waals surface area contributed by atoms with Gasteiger partial charge in [0.25, 0.3) is 5.91 Å². The lowest BCUT2D eigenvalue weighted by Gasteiger charge is -2.36. The van der Waals surface area contributed by atoms with Crippen molar-refractivity contribution in [1.82, 2.24) is 14.5 Å². The van der Waals surface area contributed by atoms with Crippen LogP contribution in [-0.2, 0) is 6.54 Å². The lowest BCUT2D eigenvalue weighted by atomic mass is 10.1. The van der Waals surface area contributed by atoms with E-state index in [-0.39, 0.29) is 11.7 Å². The maximum atomic E-state index is 13.1. The Morgan fingerprint density at radius 2 is 1.68 bits per heavy atom. The number of imidazole rings is 1. The van der Waals surface area contributed by atoms with Crippen molar-refractivity contribution in [3.8, 4) is 0 Å². The van der Waals surface area contributed by atoms with Crippen LogP contribution in [0.5, 0.6) is 0 Å². The molecular formula is C22H23FN4O. The van der Waals surface area contributed by atoms with Gasteiger partial charge in [0.2, 0.25) is 0 Å². The van der Waals surface area contributed by atoms with E-state index < -0.39 is 0 Å². The molecule has 144 valence electrons. The number of benzene rings is 2. The van der Waals surface area contributed by atoms with Crippen molar-refractivity contribution in [2.75, 3.05) is 31.1 Å². The molecule has 0 saturated carbocycles. The van der Waals surface area contributed by atoms with Crippen LogP contribution < -0.4 is 4.90 Å². The highest BCUT2D eigenvalue weighted by molar-refractivity contribution is 5.94. The SMILES string of the molecule is Cc1nccn1Cc1ccc(C(=O)N2CCN(c3ccc(F)cc3)CC2)cc1. The first-order valence-corrected chi connectivity index (χ1v) is 9.46. The normalized spacial score (nSPS) is 14.4. The number of piperazine rings is 1. The second kappa shape index (κ2) is 7.84. The van der Waals surface area contributed by atoms with Crippen LogP contribution in [0.4, 0.5) is 10.1 Å². The minimum Gasteiger partial charge on any atom is -0.368 e. The van der Waals surface area contributed by atoms with E-state index in [4.69, 9.17) is 0 Å². The standard InChI is InChI=1S/C22H23FN4O/c1-17-24-10-11-27(17)16-18-2-4-19(5-3-18)22(28)26-14-12-25(13-15-26)21-8-6-20(23)7-9-21/h2-11H,12-16H2,1H3. The number of carbonyl (C=O) groups excluding carboxylic acids is 1. The highest BCUT2D eigenvalue weighted by Gasteiger charge is 2.22. The number of hydrogen-bond donors (Lipinski definition) is 0. The topological polar surface area (TPSA) is 41.4 Å². The summed E-state index contributed by atoms with van der Waals surface area (Å²) in [6.45, 7) is 5.53. The molecule has 1 amide bonds. The number of halogens is 1. The number of aromatic nitrogens is 2. The summed E-state index contributed by atoms with van der Waals surface area (Å²) in [4.78, 5) is 21.1. The summed E-state index contributed by atoms with van der Waals surface area (Å²) in [5.74, 6) is 0.799. The van der Waals surface area contributed by atoms with Crippen molar-refractivity contribution in [1.29, 1.82) is 0 Å². The molecule has 0 spiro atoms. The first kappa shape index (κ1) is 18.2. The van der Waals surface area contributed by atoms with Gasteiger partial charge in [-0.15, -0.1) is 0 Å². The van der Waals surface area contributed by atoms with E-state index in [9.17, 15) is 9.18 Å². The van der Waals surface area contributed by atoms with Crippen molar-refractivity contribution in [3.05, 3.63) is 83.7 Å². The maximum Gasteiger partial charge on any atom is 0.253 e. The van der Waals surface area contributed by atoms with Crippen molar-refractivity contribution in [2.45, 2.75) is 13.5 Å². The molecule has 6 heteroatoms. The summed E-state index contributed by atoms with van der Waals surface area (Å²) < 4.78 is 15.2. The number of carbonyl (C=O) groups is 1. The van der Waals surface area contributed by atoms with Crippen LogP contribution in [-0.4, -0.2) is 46.5 Å². The lowest BCUT2D eigenvalue weighted by molar-refractivity contribution is 0.0747. The predicted octanol–water partition coefficient (Wildman–Crippen LogP) is 3.34. The van der Waals surface area contributed by atoms with Crippen molar-refractivity contribution in [2.24, 2.45) is 0 Å². The van der Waals surface area contributed by atoms with Crippen molar-refractivity contribution in [3.63, 3.8) is 0 Å². The molecular weight excluding hydrogens is 355 g/mol. The Morgan fingerprint density at radius 3 is 2.29 bits per heavy atom. The highest BCUT2D eigenvalue weighted by Crippen LogP contribution is 2.18. The molecule has 1 aliphatic heterocycles. The fraction of sp³-hybridized carbons (Fsp3) is 0.273. The monoisotopic (exact) mass is 378 g/mol. The first-order valence-electron chi connectivity index (χ1n) is 9.46. The number of hydrogen-bond acceptors (Lipinski definition) is 3. The molecule has 5 nitrogen and oxygen atoms in total. The molecule has 0 atom stereocenters. The van der Waals surface area contributed by atoms with Gasteiger partial charge in [-0.2, -0.15) is 0 Å². The van der Waals surface area contributed by atoms with Gasteiger partial charge in [0, 0.05) is 56.4 Å². The zero-order valence-electron chi connectivity index (χ0n) is 15.9. The molecule has 0 aliphatic carbocycles.